The highest BCUT2D eigenvalue weighted by atomic mass is 35.5. The molecule has 0 spiro atoms. The van der Waals surface area contributed by atoms with E-state index in [1.807, 2.05) is 57.5 Å². The Labute approximate surface area is 219 Å². The summed E-state index contributed by atoms with van der Waals surface area (Å²) in [6.07, 6.45) is 1.91. The molecule has 3 aromatic rings. The maximum atomic E-state index is 13.0. The molecule has 0 radical (unpaired) electrons. The predicted molar refractivity (Wildman–Crippen MR) is 136 cm³/mol. The summed E-state index contributed by atoms with van der Waals surface area (Å²) < 4.78 is 7.51. The van der Waals surface area contributed by atoms with Crippen molar-refractivity contribution in [2.45, 2.75) is 63.4 Å². The average Bonchev–Trinajstić information content (AvgIpc) is 3.25. The van der Waals surface area contributed by atoms with Gasteiger partial charge in [0, 0.05) is 22.5 Å². The van der Waals surface area contributed by atoms with Gasteiger partial charge in [0.1, 0.15) is 22.2 Å². The minimum atomic E-state index is -0.831. The minimum Gasteiger partial charge on any atom is -1.00 e. The van der Waals surface area contributed by atoms with Gasteiger partial charge < -0.3 is 22.3 Å². The number of imidazole rings is 1. The third-order valence-electron chi connectivity index (χ3n) is 6.76. The molecule has 0 aliphatic heterocycles. The zero-order valence-corrected chi connectivity index (χ0v) is 23.2. The number of carboxylic acid groups (broad SMARTS) is 1. The van der Waals surface area contributed by atoms with Crippen LogP contribution in [0.15, 0.2) is 24.4 Å². The molecule has 0 saturated heterocycles. The van der Waals surface area contributed by atoms with Crippen molar-refractivity contribution in [2.24, 2.45) is 0 Å². The second-order valence-electron chi connectivity index (χ2n) is 9.72. The van der Waals surface area contributed by atoms with Gasteiger partial charge in [-0.15, -0.1) is 0 Å². The van der Waals surface area contributed by atoms with Crippen molar-refractivity contribution in [1.82, 2.24) is 9.97 Å². The van der Waals surface area contributed by atoms with Crippen LogP contribution in [0.2, 0.25) is 0 Å². The van der Waals surface area contributed by atoms with E-state index in [0.29, 0.717) is 11.7 Å². The van der Waals surface area contributed by atoms with Gasteiger partial charge in [-0.1, -0.05) is 26.6 Å². The van der Waals surface area contributed by atoms with Crippen molar-refractivity contribution >= 4 is 44.4 Å². The second kappa shape index (κ2) is 9.67. The van der Waals surface area contributed by atoms with E-state index in [0.717, 1.165) is 39.2 Å². The van der Waals surface area contributed by atoms with Crippen molar-refractivity contribution in [3.05, 3.63) is 46.8 Å². The average molecular weight is 536 g/mol. The maximum absolute atomic E-state index is 13.0. The second-order valence-corrected chi connectivity index (χ2v) is 12.4. The Bertz CT molecular complexity index is 1260. The summed E-state index contributed by atoms with van der Waals surface area (Å²) in [5.74, 6) is 1.39. The normalized spacial score (nSPS) is 16.6. The fraction of sp³-hybridized carbons (Fsp3) is 0.440. The molecule has 1 aromatic carbocycles. The van der Waals surface area contributed by atoms with Crippen molar-refractivity contribution in [2.75, 3.05) is 7.11 Å². The Morgan fingerprint density at radius 2 is 1.86 bits per heavy atom. The van der Waals surface area contributed by atoms with Crippen LogP contribution in [-0.4, -0.2) is 39.2 Å². The first-order chi connectivity index (χ1) is 15.9. The fourth-order valence-electron chi connectivity index (χ4n) is 4.73. The molecule has 0 saturated carbocycles. The van der Waals surface area contributed by atoms with Crippen molar-refractivity contribution in [3.8, 4) is 11.7 Å². The number of aromatic amines is 1. The number of fused-ring (bicyclic) bond motifs is 2. The first kappa shape index (κ1) is 27.4. The van der Waals surface area contributed by atoms with E-state index < -0.39 is 22.0 Å². The van der Waals surface area contributed by atoms with Crippen molar-refractivity contribution in [3.63, 3.8) is 0 Å². The summed E-state index contributed by atoms with van der Waals surface area (Å²) in [6, 6.07) is 5.99. The molecule has 0 amide bonds. The van der Waals surface area contributed by atoms with Gasteiger partial charge in [-0.05, 0) is 64.8 Å². The summed E-state index contributed by atoms with van der Waals surface area (Å²) in [5.41, 5.74) is 4.57. The molecular weight excluding hydrogens is 506 g/mol. The van der Waals surface area contributed by atoms with Crippen LogP contribution >= 0.6 is 21.6 Å². The lowest BCUT2D eigenvalue weighted by molar-refractivity contribution is -0.610. The molecule has 35 heavy (non-hydrogen) atoms. The van der Waals surface area contributed by atoms with Crippen LogP contribution in [0.3, 0.4) is 0 Å². The molecule has 2 aromatic heterocycles. The van der Waals surface area contributed by atoms with E-state index >= 15 is 0 Å². The minimum absolute atomic E-state index is 0. The molecule has 0 fully saturated rings. The standard InChI is InChI=1S/C25H29N3O4S2.ClH/c1-13-19(12-33-34-14(2)21(29)30)28(9-8-20(13)32-7)23-26-17-10-15-16(11-18(17)27-23)25(5,6)22(31)24(15,3)4;/h8-11,14H,12H2,1-7H3,(H-,26,27,29,30);1H. The van der Waals surface area contributed by atoms with Crippen LogP contribution in [0.25, 0.3) is 17.0 Å². The molecule has 1 unspecified atom stereocenters. The smallest absolute Gasteiger partial charge is 0.402 e. The Morgan fingerprint density at radius 1 is 1.23 bits per heavy atom. The molecule has 4 rings (SSSR count). The number of Topliss-reactive ketones (excluding diaryl/α,β-unsaturated/α-hetero) is 1. The highest BCUT2D eigenvalue weighted by Gasteiger charge is 2.50. The van der Waals surface area contributed by atoms with Crippen LogP contribution in [0, 0.1) is 6.92 Å². The molecule has 7 nitrogen and oxygen atoms in total. The van der Waals surface area contributed by atoms with E-state index in [1.165, 1.54) is 21.6 Å². The van der Waals surface area contributed by atoms with Gasteiger partial charge in [0.25, 0.3) is 0 Å². The summed E-state index contributed by atoms with van der Waals surface area (Å²) in [7, 11) is 4.45. The van der Waals surface area contributed by atoms with Gasteiger partial charge in [-0.25, -0.2) is 9.55 Å². The first-order valence-electron chi connectivity index (χ1n) is 11.1. The Hall–Kier alpha value is -2.23. The molecule has 0 bridgehead atoms. The highest BCUT2D eigenvalue weighted by molar-refractivity contribution is 8.76. The summed E-state index contributed by atoms with van der Waals surface area (Å²) >= 11 is 0. The zero-order valence-electron chi connectivity index (χ0n) is 20.9. The first-order valence-corrected chi connectivity index (χ1v) is 13.5. The molecule has 1 atom stereocenters. The van der Waals surface area contributed by atoms with E-state index in [9.17, 15) is 14.7 Å². The number of H-pyrrole nitrogens is 1. The van der Waals surface area contributed by atoms with E-state index in [-0.39, 0.29) is 18.2 Å². The number of rotatable bonds is 7. The molecule has 188 valence electrons. The van der Waals surface area contributed by atoms with Crippen molar-refractivity contribution in [1.29, 1.82) is 0 Å². The lowest BCUT2D eigenvalue weighted by Crippen LogP contribution is -3.00. The number of carbonyl (C=O) groups excluding carboxylic acids is 1. The number of pyridine rings is 1. The number of ketones is 1. The van der Waals surface area contributed by atoms with Gasteiger partial charge >= 0.3 is 11.9 Å². The molecule has 2 N–H and O–H groups in total. The van der Waals surface area contributed by atoms with E-state index in [2.05, 4.69) is 11.1 Å². The van der Waals surface area contributed by atoms with Gasteiger partial charge in [-0.2, -0.15) is 0 Å². The summed E-state index contributed by atoms with van der Waals surface area (Å²) in [5, 5.41) is 8.69. The lowest BCUT2D eigenvalue weighted by atomic mass is 9.80. The van der Waals surface area contributed by atoms with Crippen molar-refractivity contribution < 1.29 is 36.4 Å². The van der Waals surface area contributed by atoms with E-state index in [4.69, 9.17) is 9.72 Å². The van der Waals surface area contributed by atoms with Gasteiger partial charge in [0.15, 0.2) is 11.3 Å². The number of halogens is 1. The van der Waals surface area contributed by atoms with Crippen LogP contribution in [-0.2, 0) is 26.2 Å². The van der Waals surface area contributed by atoms with E-state index in [1.54, 1.807) is 14.0 Å². The molecule has 2 heterocycles. The number of hydrogen-bond donors (Lipinski definition) is 2. The lowest BCUT2D eigenvalue weighted by Gasteiger charge is -2.21. The Balaban J connectivity index is 0.00000342. The number of carbonyl (C=O) groups is 2. The molecule has 10 heteroatoms. The number of aliphatic carboxylic acids is 1. The molecule has 1 aliphatic carbocycles. The largest absolute Gasteiger partial charge is 1.00 e. The number of hydrogen-bond acceptors (Lipinski definition) is 6. The number of methoxy groups -OCH3 is 1. The topological polar surface area (TPSA) is 96.2 Å². The Morgan fingerprint density at radius 3 is 2.46 bits per heavy atom. The molecular formula is C25H30ClN3O4S2. The number of ether oxygens (including phenoxy) is 1. The summed E-state index contributed by atoms with van der Waals surface area (Å²) in [4.78, 5) is 32.5. The predicted octanol–water partition coefficient (Wildman–Crippen LogP) is 1.65. The third-order valence-corrected chi connectivity index (χ3v) is 9.41. The maximum Gasteiger partial charge on any atom is 0.402 e. The summed E-state index contributed by atoms with van der Waals surface area (Å²) in [6.45, 7) is 11.6. The number of nitrogens with zero attached hydrogens (tertiary/aromatic N) is 2. The number of aromatic nitrogens is 3. The van der Waals surface area contributed by atoms with Crippen LogP contribution < -0.4 is 21.7 Å². The number of carboxylic acids is 1. The zero-order chi connectivity index (χ0) is 25.0. The van der Waals surface area contributed by atoms with Gasteiger partial charge in [0.05, 0.1) is 19.1 Å². The third kappa shape index (κ3) is 4.54. The Kier molecular flexibility index (Phi) is 7.56. The quantitative estimate of drug-likeness (QED) is 0.351. The molecule has 1 aliphatic rings. The van der Waals surface area contributed by atoms with Gasteiger partial charge in [0.2, 0.25) is 0 Å². The monoisotopic (exact) mass is 535 g/mol. The SMILES string of the molecule is COc1cc[n+](-c2nc3cc4c(cc3[nH]2)C(C)(C)C(=O)C4(C)C)c(CSSC(C)C(=O)O)c1C.[Cl-]. The number of nitrogens with one attached hydrogen (secondary N) is 1. The van der Waals surface area contributed by atoms with Crippen LogP contribution in [0.4, 0.5) is 0 Å². The van der Waals surface area contributed by atoms with Crippen LogP contribution in [0.5, 0.6) is 5.75 Å². The highest BCUT2D eigenvalue weighted by Crippen LogP contribution is 2.47. The van der Waals surface area contributed by atoms with Crippen LogP contribution in [0.1, 0.15) is 57.0 Å². The van der Waals surface area contributed by atoms with Gasteiger partial charge in [-0.3, -0.25) is 9.59 Å². The fourth-order valence-corrected chi connectivity index (χ4v) is 6.95. The number of benzene rings is 1.